The molecule has 1 aromatic heterocycles. The molecule has 1 aromatic carbocycles. The molecule has 0 bridgehead atoms. The number of halogens is 1. The van der Waals surface area contributed by atoms with Gasteiger partial charge in [-0.15, -0.1) is 11.3 Å². The summed E-state index contributed by atoms with van der Waals surface area (Å²) in [7, 11) is 0. The first-order chi connectivity index (χ1) is 10.0. The minimum absolute atomic E-state index is 0.0181. The monoisotopic (exact) mass is 340 g/mol. The summed E-state index contributed by atoms with van der Waals surface area (Å²) in [6, 6.07) is 7.97. The molecular formula is C15H17ClN2OS2. The second kappa shape index (κ2) is 7.82. The summed E-state index contributed by atoms with van der Waals surface area (Å²) in [6.07, 6.45) is 0.343. The van der Waals surface area contributed by atoms with Crippen LogP contribution in [0.25, 0.3) is 0 Å². The number of thioether (sulfide) groups is 1. The molecule has 21 heavy (non-hydrogen) atoms. The lowest BCUT2D eigenvalue weighted by Crippen LogP contribution is -2.31. The first-order valence-corrected chi connectivity index (χ1v) is 8.88. The zero-order valence-corrected chi connectivity index (χ0v) is 14.3. The van der Waals surface area contributed by atoms with Crippen LogP contribution in [0.5, 0.6) is 0 Å². The molecule has 0 aliphatic carbocycles. The van der Waals surface area contributed by atoms with Crippen molar-refractivity contribution in [1.29, 1.82) is 0 Å². The van der Waals surface area contributed by atoms with Gasteiger partial charge < -0.3 is 5.32 Å². The second-order valence-corrected chi connectivity index (χ2v) is 7.44. The maximum atomic E-state index is 11.7. The summed E-state index contributed by atoms with van der Waals surface area (Å²) in [5.74, 6) is 0.868. The number of carbonyl (C=O) groups excluding carboxylic acids is 1. The lowest BCUT2D eigenvalue weighted by atomic mass is 10.2. The molecular weight excluding hydrogens is 324 g/mol. The molecule has 0 fully saturated rings. The van der Waals surface area contributed by atoms with E-state index < -0.39 is 0 Å². The van der Waals surface area contributed by atoms with Crippen LogP contribution in [0.1, 0.15) is 25.1 Å². The number of aromatic nitrogens is 1. The van der Waals surface area contributed by atoms with Crippen molar-refractivity contribution in [3.8, 4) is 0 Å². The van der Waals surface area contributed by atoms with Crippen molar-refractivity contribution in [2.45, 2.75) is 36.4 Å². The third kappa shape index (κ3) is 5.69. The van der Waals surface area contributed by atoms with Gasteiger partial charge in [0.15, 0.2) is 0 Å². The van der Waals surface area contributed by atoms with Crippen molar-refractivity contribution in [2.24, 2.45) is 0 Å². The highest BCUT2D eigenvalue weighted by atomic mass is 35.5. The first-order valence-electron chi connectivity index (χ1n) is 6.64. The summed E-state index contributed by atoms with van der Waals surface area (Å²) in [6.45, 7) is 3.90. The van der Waals surface area contributed by atoms with Crippen molar-refractivity contribution in [3.63, 3.8) is 0 Å². The number of carbonyl (C=O) groups is 1. The maximum Gasteiger partial charge on any atom is 0.226 e. The number of hydrogen-bond donors (Lipinski definition) is 1. The van der Waals surface area contributed by atoms with Gasteiger partial charge in [-0.1, -0.05) is 35.5 Å². The van der Waals surface area contributed by atoms with Crippen molar-refractivity contribution >= 4 is 40.6 Å². The fourth-order valence-corrected chi connectivity index (χ4v) is 3.63. The smallest absolute Gasteiger partial charge is 0.226 e. The van der Waals surface area contributed by atoms with E-state index >= 15 is 0 Å². The van der Waals surface area contributed by atoms with Crippen molar-refractivity contribution < 1.29 is 4.79 Å². The highest BCUT2D eigenvalue weighted by Gasteiger charge is 2.09. The average molecular weight is 341 g/mol. The Kier molecular flexibility index (Phi) is 6.08. The van der Waals surface area contributed by atoms with Crippen LogP contribution in [-0.4, -0.2) is 16.9 Å². The lowest BCUT2D eigenvalue weighted by Gasteiger charge is -2.06. The van der Waals surface area contributed by atoms with E-state index in [4.69, 9.17) is 11.6 Å². The molecule has 1 N–H and O–H groups in total. The van der Waals surface area contributed by atoms with E-state index in [1.807, 2.05) is 43.5 Å². The van der Waals surface area contributed by atoms with Crippen LogP contribution in [0.4, 0.5) is 0 Å². The van der Waals surface area contributed by atoms with Gasteiger partial charge >= 0.3 is 0 Å². The molecule has 6 heteroatoms. The van der Waals surface area contributed by atoms with Gasteiger partial charge in [0.2, 0.25) is 5.91 Å². The maximum absolute atomic E-state index is 11.7. The van der Waals surface area contributed by atoms with E-state index in [9.17, 15) is 4.79 Å². The van der Waals surface area contributed by atoms with Gasteiger partial charge in [-0.25, -0.2) is 4.98 Å². The number of nitrogens with one attached hydrogen (secondary N) is 1. The summed E-state index contributed by atoms with van der Waals surface area (Å²) in [5.41, 5.74) is 2.04. The number of thiazole rings is 1. The molecule has 2 rings (SSSR count). The van der Waals surface area contributed by atoms with E-state index in [-0.39, 0.29) is 11.9 Å². The van der Waals surface area contributed by atoms with Gasteiger partial charge in [-0.2, -0.15) is 0 Å². The summed E-state index contributed by atoms with van der Waals surface area (Å²) >= 11 is 9.11. The van der Waals surface area contributed by atoms with E-state index in [1.54, 1.807) is 23.1 Å². The van der Waals surface area contributed by atoms with Gasteiger partial charge in [-0.05, 0) is 31.5 Å². The van der Waals surface area contributed by atoms with Gasteiger partial charge in [-0.3, -0.25) is 4.79 Å². The number of nitrogens with zero attached hydrogens (tertiary/aromatic N) is 1. The van der Waals surface area contributed by atoms with Gasteiger partial charge in [0, 0.05) is 22.2 Å². The SMILES string of the molecule is CC(C)NC(=O)Cc1csc(SCc2ccc(Cl)cc2)n1. The molecule has 0 atom stereocenters. The number of amides is 1. The van der Waals surface area contributed by atoms with E-state index in [1.165, 1.54) is 5.56 Å². The minimum Gasteiger partial charge on any atom is -0.354 e. The van der Waals surface area contributed by atoms with Crippen LogP contribution >= 0.6 is 34.7 Å². The van der Waals surface area contributed by atoms with Crippen LogP contribution in [-0.2, 0) is 17.0 Å². The largest absolute Gasteiger partial charge is 0.354 e. The van der Waals surface area contributed by atoms with Gasteiger partial charge in [0.25, 0.3) is 0 Å². The molecule has 1 heterocycles. The first kappa shape index (κ1) is 16.3. The van der Waals surface area contributed by atoms with Crippen molar-refractivity contribution in [2.75, 3.05) is 0 Å². The number of benzene rings is 1. The Hall–Kier alpha value is -1.04. The molecule has 0 unspecified atom stereocenters. The molecule has 0 aliphatic rings. The lowest BCUT2D eigenvalue weighted by molar-refractivity contribution is -0.120. The Labute approximate surface area is 138 Å². The Morgan fingerprint density at radius 2 is 2.10 bits per heavy atom. The number of hydrogen-bond acceptors (Lipinski definition) is 4. The van der Waals surface area contributed by atoms with E-state index in [0.717, 1.165) is 20.8 Å². The highest BCUT2D eigenvalue weighted by Crippen LogP contribution is 2.26. The van der Waals surface area contributed by atoms with Crippen molar-refractivity contribution in [1.82, 2.24) is 10.3 Å². The Morgan fingerprint density at radius 1 is 1.38 bits per heavy atom. The molecule has 3 nitrogen and oxygen atoms in total. The third-order valence-electron chi connectivity index (χ3n) is 2.60. The van der Waals surface area contributed by atoms with Crippen LogP contribution in [0, 0.1) is 0 Å². The van der Waals surface area contributed by atoms with E-state index in [0.29, 0.717) is 6.42 Å². The topological polar surface area (TPSA) is 42.0 Å². The standard InChI is InChI=1S/C15H17ClN2OS2/c1-10(2)17-14(19)7-13-9-21-15(18-13)20-8-11-3-5-12(16)6-4-11/h3-6,9-10H,7-8H2,1-2H3,(H,17,19). The molecule has 0 spiro atoms. The Morgan fingerprint density at radius 3 is 2.76 bits per heavy atom. The number of rotatable bonds is 6. The molecule has 1 amide bonds. The molecule has 0 saturated carbocycles. The van der Waals surface area contributed by atoms with Crippen LogP contribution < -0.4 is 5.32 Å². The van der Waals surface area contributed by atoms with Crippen molar-refractivity contribution in [3.05, 3.63) is 45.9 Å². The molecule has 0 aliphatic heterocycles. The molecule has 2 aromatic rings. The second-order valence-electron chi connectivity index (χ2n) is 4.92. The molecule has 0 radical (unpaired) electrons. The zero-order chi connectivity index (χ0) is 15.2. The third-order valence-corrected chi connectivity index (χ3v) is 4.99. The fraction of sp³-hybridized carbons (Fsp3) is 0.333. The molecule has 0 saturated heterocycles. The van der Waals surface area contributed by atoms with Gasteiger partial charge in [0.05, 0.1) is 12.1 Å². The predicted molar refractivity (Wildman–Crippen MR) is 90.1 cm³/mol. The fourth-order valence-electron chi connectivity index (χ4n) is 1.70. The van der Waals surface area contributed by atoms with Gasteiger partial charge in [0.1, 0.15) is 4.34 Å². The van der Waals surface area contributed by atoms with Crippen LogP contribution in [0.15, 0.2) is 34.0 Å². The highest BCUT2D eigenvalue weighted by molar-refractivity contribution is 8.00. The minimum atomic E-state index is 0.0181. The summed E-state index contributed by atoms with van der Waals surface area (Å²) < 4.78 is 0.984. The molecule has 112 valence electrons. The van der Waals surface area contributed by atoms with Crippen LogP contribution in [0.3, 0.4) is 0 Å². The quantitative estimate of drug-likeness (QED) is 0.803. The Balaban J connectivity index is 1.85. The summed E-state index contributed by atoms with van der Waals surface area (Å²) in [4.78, 5) is 16.2. The summed E-state index contributed by atoms with van der Waals surface area (Å²) in [5, 5.41) is 5.57. The predicted octanol–water partition coefficient (Wildman–Crippen LogP) is 4.16. The van der Waals surface area contributed by atoms with Crippen LogP contribution in [0.2, 0.25) is 5.02 Å². The zero-order valence-electron chi connectivity index (χ0n) is 11.9. The van der Waals surface area contributed by atoms with E-state index in [2.05, 4.69) is 10.3 Å². The average Bonchev–Trinajstić information content (AvgIpc) is 2.84. The Bertz CT molecular complexity index is 596. The normalized spacial score (nSPS) is 10.9.